The van der Waals surface area contributed by atoms with Crippen molar-refractivity contribution in [1.29, 1.82) is 0 Å². The van der Waals surface area contributed by atoms with E-state index in [1.54, 1.807) is 30.2 Å². The van der Waals surface area contributed by atoms with Crippen LogP contribution in [0.1, 0.15) is 19.1 Å². The average molecular weight is 345 g/mol. The van der Waals surface area contributed by atoms with Crippen LogP contribution in [-0.4, -0.2) is 37.0 Å². The number of ether oxygens (including phenoxy) is 2. The molecule has 2 aromatic rings. The molecule has 0 bridgehead atoms. The second kappa shape index (κ2) is 9.52. The minimum absolute atomic E-state index is 0.108. The van der Waals surface area contributed by atoms with Gasteiger partial charge in [-0.05, 0) is 24.3 Å². The van der Waals surface area contributed by atoms with Gasteiger partial charge in [0.05, 0.1) is 38.9 Å². The summed E-state index contributed by atoms with van der Waals surface area (Å²) in [6.45, 7) is 2.56. The Kier molecular flexibility index (Phi) is 7.07. The average Bonchev–Trinajstić information content (AvgIpc) is 3.14. The van der Waals surface area contributed by atoms with Crippen molar-refractivity contribution in [3.05, 3.63) is 54.5 Å². The summed E-state index contributed by atoms with van der Waals surface area (Å²) in [5.74, 6) is 0.505. The van der Waals surface area contributed by atoms with Gasteiger partial charge in [0.1, 0.15) is 11.5 Å². The molecule has 0 radical (unpaired) electrons. The van der Waals surface area contributed by atoms with Crippen LogP contribution in [0.5, 0.6) is 5.75 Å². The van der Waals surface area contributed by atoms with Gasteiger partial charge in [0.2, 0.25) is 5.91 Å². The molecule has 0 N–H and O–H groups in total. The number of furan rings is 1. The van der Waals surface area contributed by atoms with Crippen LogP contribution in [0, 0.1) is 5.92 Å². The maximum Gasteiger partial charge on any atom is 0.310 e. The molecule has 2 rings (SSSR count). The molecule has 1 heterocycles. The maximum atomic E-state index is 12.6. The Morgan fingerprint density at radius 3 is 2.56 bits per heavy atom. The zero-order valence-electron chi connectivity index (χ0n) is 14.5. The van der Waals surface area contributed by atoms with Crippen LogP contribution < -0.4 is 4.74 Å². The van der Waals surface area contributed by atoms with Crippen molar-refractivity contribution in [1.82, 2.24) is 4.90 Å². The molecule has 0 fully saturated rings. The van der Waals surface area contributed by atoms with Crippen LogP contribution >= 0.6 is 0 Å². The molecule has 25 heavy (non-hydrogen) atoms. The Bertz CT molecular complexity index is 654. The van der Waals surface area contributed by atoms with Gasteiger partial charge in [-0.15, -0.1) is 0 Å². The first-order valence-electron chi connectivity index (χ1n) is 8.16. The van der Waals surface area contributed by atoms with Gasteiger partial charge in [-0.2, -0.15) is 0 Å². The molecule has 0 aliphatic heterocycles. The third kappa shape index (κ3) is 5.99. The molecule has 1 unspecified atom stereocenters. The summed E-state index contributed by atoms with van der Waals surface area (Å²) in [6, 6.07) is 12.9. The van der Waals surface area contributed by atoms with Gasteiger partial charge in [0, 0.05) is 6.54 Å². The van der Waals surface area contributed by atoms with Crippen molar-refractivity contribution in [3.8, 4) is 5.75 Å². The largest absolute Gasteiger partial charge is 0.493 e. The SMILES string of the molecule is COC(=O)C(C)CN(Cc1ccco1)C(=O)CCOc1ccccc1. The molecule has 1 amide bonds. The van der Waals surface area contributed by atoms with Crippen LogP contribution in [0.2, 0.25) is 0 Å². The highest BCUT2D eigenvalue weighted by atomic mass is 16.5. The molecule has 0 saturated carbocycles. The van der Waals surface area contributed by atoms with Crippen LogP contribution in [0.3, 0.4) is 0 Å². The molecule has 0 aliphatic carbocycles. The van der Waals surface area contributed by atoms with E-state index in [4.69, 9.17) is 13.9 Å². The van der Waals surface area contributed by atoms with Crippen LogP contribution in [0.15, 0.2) is 53.1 Å². The first-order valence-corrected chi connectivity index (χ1v) is 8.16. The Balaban J connectivity index is 1.92. The number of para-hydroxylation sites is 1. The van der Waals surface area contributed by atoms with Crippen molar-refractivity contribution >= 4 is 11.9 Å². The molecule has 1 aromatic carbocycles. The van der Waals surface area contributed by atoms with Crippen LogP contribution in [0.4, 0.5) is 0 Å². The second-order valence-electron chi connectivity index (χ2n) is 5.69. The summed E-state index contributed by atoms with van der Waals surface area (Å²) in [4.78, 5) is 25.8. The number of benzene rings is 1. The molecular weight excluding hydrogens is 322 g/mol. The molecule has 6 heteroatoms. The Hall–Kier alpha value is -2.76. The molecule has 1 aromatic heterocycles. The normalized spacial score (nSPS) is 11.6. The van der Waals surface area contributed by atoms with Gasteiger partial charge in [0.25, 0.3) is 0 Å². The topological polar surface area (TPSA) is 69.0 Å². The summed E-state index contributed by atoms with van der Waals surface area (Å²) >= 11 is 0. The fourth-order valence-electron chi connectivity index (χ4n) is 2.38. The number of amides is 1. The fraction of sp³-hybridized carbons (Fsp3) is 0.368. The lowest BCUT2D eigenvalue weighted by Crippen LogP contribution is -2.37. The van der Waals surface area contributed by atoms with E-state index >= 15 is 0 Å². The van der Waals surface area contributed by atoms with Crippen molar-refractivity contribution in [2.75, 3.05) is 20.3 Å². The smallest absolute Gasteiger partial charge is 0.310 e. The van der Waals surface area contributed by atoms with Crippen molar-refractivity contribution < 1.29 is 23.5 Å². The number of hydrogen-bond donors (Lipinski definition) is 0. The highest BCUT2D eigenvalue weighted by Gasteiger charge is 2.22. The zero-order chi connectivity index (χ0) is 18.1. The molecule has 0 aliphatic rings. The quantitative estimate of drug-likeness (QED) is 0.654. The summed E-state index contributed by atoms with van der Waals surface area (Å²) in [7, 11) is 1.34. The van der Waals surface area contributed by atoms with E-state index in [2.05, 4.69) is 0 Å². The minimum atomic E-state index is -0.418. The van der Waals surface area contributed by atoms with E-state index in [0.717, 1.165) is 5.75 Å². The van der Waals surface area contributed by atoms with Crippen molar-refractivity contribution in [2.45, 2.75) is 19.9 Å². The number of carbonyl (C=O) groups excluding carboxylic acids is 2. The first-order chi connectivity index (χ1) is 12.1. The summed E-state index contributed by atoms with van der Waals surface area (Å²) < 4.78 is 15.6. The van der Waals surface area contributed by atoms with Gasteiger partial charge in [0.15, 0.2) is 0 Å². The fourth-order valence-corrected chi connectivity index (χ4v) is 2.38. The lowest BCUT2D eigenvalue weighted by Gasteiger charge is -2.24. The maximum absolute atomic E-state index is 12.6. The predicted octanol–water partition coefficient (Wildman–Crippen LogP) is 2.89. The number of methoxy groups -OCH3 is 1. The molecule has 6 nitrogen and oxygen atoms in total. The number of hydrogen-bond acceptors (Lipinski definition) is 5. The van der Waals surface area contributed by atoms with E-state index in [9.17, 15) is 9.59 Å². The summed E-state index contributed by atoms with van der Waals surface area (Å²) in [5.41, 5.74) is 0. The van der Waals surface area contributed by atoms with Gasteiger partial charge < -0.3 is 18.8 Å². The number of rotatable bonds is 9. The van der Waals surface area contributed by atoms with Gasteiger partial charge in [-0.25, -0.2) is 0 Å². The van der Waals surface area contributed by atoms with E-state index in [1.165, 1.54) is 7.11 Å². The van der Waals surface area contributed by atoms with Crippen molar-refractivity contribution in [2.24, 2.45) is 5.92 Å². The molecule has 1 atom stereocenters. The Labute approximate surface area is 147 Å². The third-order valence-corrected chi connectivity index (χ3v) is 3.71. The van der Waals surface area contributed by atoms with E-state index < -0.39 is 5.92 Å². The van der Waals surface area contributed by atoms with E-state index in [1.807, 2.05) is 30.3 Å². The number of carbonyl (C=O) groups is 2. The summed E-state index contributed by atoms with van der Waals surface area (Å²) in [5, 5.41) is 0. The zero-order valence-corrected chi connectivity index (χ0v) is 14.5. The highest BCUT2D eigenvalue weighted by Crippen LogP contribution is 2.12. The third-order valence-electron chi connectivity index (χ3n) is 3.71. The van der Waals surface area contributed by atoms with Gasteiger partial charge in [-0.3, -0.25) is 9.59 Å². The molecule has 0 saturated heterocycles. The number of nitrogens with zero attached hydrogens (tertiary/aromatic N) is 1. The predicted molar refractivity (Wildman–Crippen MR) is 91.9 cm³/mol. The lowest BCUT2D eigenvalue weighted by molar-refractivity contribution is -0.146. The Morgan fingerprint density at radius 1 is 1.16 bits per heavy atom. The molecule has 0 spiro atoms. The lowest BCUT2D eigenvalue weighted by atomic mass is 10.1. The summed E-state index contributed by atoms with van der Waals surface area (Å²) in [6.07, 6.45) is 1.77. The molecule has 134 valence electrons. The van der Waals surface area contributed by atoms with E-state index in [0.29, 0.717) is 12.3 Å². The molecular formula is C19H23NO5. The number of esters is 1. The van der Waals surface area contributed by atoms with E-state index in [-0.39, 0.29) is 31.4 Å². The van der Waals surface area contributed by atoms with Crippen molar-refractivity contribution in [3.63, 3.8) is 0 Å². The Morgan fingerprint density at radius 2 is 1.92 bits per heavy atom. The minimum Gasteiger partial charge on any atom is -0.493 e. The van der Waals surface area contributed by atoms with Crippen LogP contribution in [-0.2, 0) is 20.9 Å². The first kappa shape index (κ1) is 18.6. The van der Waals surface area contributed by atoms with Crippen LogP contribution in [0.25, 0.3) is 0 Å². The monoisotopic (exact) mass is 345 g/mol. The van der Waals surface area contributed by atoms with Gasteiger partial charge in [-0.1, -0.05) is 25.1 Å². The standard InChI is InChI=1S/C19H23NO5/c1-15(19(22)23-2)13-20(14-17-9-6-11-24-17)18(21)10-12-25-16-7-4-3-5-8-16/h3-9,11,15H,10,12-14H2,1-2H3. The second-order valence-corrected chi connectivity index (χ2v) is 5.69. The highest BCUT2D eigenvalue weighted by molar-refractivity contribution is 5.78. The van der Waals surface area contributed by atoms with Gasteiger partial charge >= 0.3 is 5.97 Å².